The molecule has 2 atom stereocenters. The van der Waals surface area contributed by atoms with E-state index in [0.717, 1.165) is 0 Å². The highest BCUT2D eigenvalue weighted by molar-refractivity contribution is 5.80. The van der Waals surface area contributed by atoms with E-state index in [1.54, 1.807) is 32.9 Å². The van der Waals surface area contributed by atoms with Crippen LogP contribution in [0.25, 0.3) is 0 Å². The molecule has 0 aromatic rings. The minimum Gasteiger partial charge on any atom is -0.463 e. The van der Waals surface area contributed by atoms with Gasteiger partial charge in [0.25, 0.3) is 0 Å². The zero-order valence-corrected chi connectivity index (χ0v) is 17.4. The third-order valence-electron chi connectivity index (χ3n) is 3.75. The van der Waals surface area contributed by atoms with Crippen molar-refractivity contribution in [1.82, 2.24) is 5.32 Å². The van der Waals surface area contributed by atoms with Crippen molar-refractivity contribution in [1.29, 1.82) is 0 Å². The normalized spacial score (nSPS) is 13.4. The lowest BCUT2D eigenvalue weighted by atomic mass is 10.0. The molecule has 0 aliphatic heterocycles. The van der Waals surface area contributed by atoms with Crippen LogP contribution in [-0.4, -0.2) is 36.1 Å². The quantitative estimate of drug-likeness (QED) is 0.413. The molecule has 0 saturated heterocycles. The number of carbonyl (C=O) groups is 3. The summed E-state index contributed by atoms with van der Waals surface area (Å²) in [6.45, 7) is 16.5. The van der Waals surface area contributed by atoms with Gasteiger partial charge in [0.1, 0.15) is 12.2 Å². The van der Waals surface area contributed by atoms with Gasteiger partial charge in [-0.3, -0.25) is 14.4 Å². The van der Waals surface area contributed by atoms with Crippen molar-refractivity contribution in [2.45, 2.75) is 71.9 Å². The van der Waals surface area contributed by atoms with E-state index in [-0.39, 0.29) is 30.9 Å². The van der Waals surface area contributed by atoms with Crippen LogP contribution in [0.2, 0.25) is 0 Å². The van der Waals surface area contributed by atoms with E-state index in [1.165, 1.54) is 0 Å². The Bertz CT molecular complexity index is 519. The molecule has 1 N–H and O–H groups in total. The van der Waals surface area contributed by atoms with Crippen molar-refractivity contribution in [3.8, 4) is 0 Å². The highest BCUT2D eigenvalue weighted by Crippen LogP contribution is 2.17. The van der Waals surface area contributed by atoms with Crippen LogP contribution in [0.3, 0.4) is 0 Å². The number of ether oxygens (including phenoxy) is 2. The van der Waals surface area contributed by atoms with Crippen LogP contribution in [0.1, 0.15) is 60.3 Å². The molecule has 0 bridgehead atoms. The SMILES string of the molecule is C=CCCC(=O)N[C@@H](COC(=O)[C@@H](CC=C)CC(=O)OC(C)(C)C)C(C)C. The van der Waals surface area contributed by atoms with E-state index in [0.29, 0.717) is 19.3 Å². The topological polar surface area (TPSA) is 81.7 Å². The Hall–Kier alpha value is -2.11. The Morgan fingerprint density at radius 1 is 1.11 bits per heavy atom. The Balaban J connectivity index is 4.75. The van der Waals surface area contributed by atoms with Crippen LogP contribution in [0.4, 0.5) is 0 Å². The van der Waals surface area contributed by atoms with E-state index in [4.69, 9.17) is 9.47 Å². The summed E-state index contributed by atoms with van der Waals surface area (Å²) < 4.78 is 10.7. The molecule has 6 heteroatoms. The third-order valence-corrected chi connectivity index (χ3v) is 3.75. The first-order chi connectivity index (χ1) is 12.5. The summed E-state index contributed by atoms with van der Waals surface area (Å²) in [7, 11) is 0. The first kappa shape index (κ1) is 24.9. The van der Waals surface area contributed by atoms with E-state index in [1.807, 2.05) is 13.8 Å². The van der Waals surface area contributed by atoms with Gasteiger partial charge in [0.2, 0.25) is 5.91 Å². The molecule has 0 saturated carbocycles. The molecule has 0 unspecified atom stereocenters. The summed E-state index contributed by atoms with van der Waals surface area (Å²) >= 11 is 0. The molecule has 0 aliphatic rings. The summed E-state index contributed by atoms with van der Waals surface area (Å²) in [6.07, 6.45) is 4.44. The van der Waals surface area contributed by atoms with Crippen molar-refractivity contribution in [3.05, 3.63) is 25.3 Å². The van der Waals surface area contributed by atoms with E-state index in [9.17, 15) is 14.4 Å². The maximum atomic E-state index is 12.4. The molecule has 1 amide bonds. The minimum absolute atomic E-state index is 0.0539. The van der Waals surface area contributed by atoms with Crippen LogP contribution < -0.4 is 5.32 Å². The summed E-state index contributed by atoms with van der Waals surface area (Å²) in [5.74, 6) is -1.62. The largest absolute Gasteiger partial charge is 0.463 e. The predicted molar refractivity (Wildman–Crippen MR) is 106 cm³/mol. The summed E-state index contributed by atoms with van der Waals surface area (Å²) in [5.41, 5.74) is -0.613. The molecule has 6 nitrogen and oxygen atoms in total. The number of hydrogen-bond donors (Lipinski definition) is 1. The van der Waals surface area contributed by atoms with Crippen LogP contribution in [0, 0.1) is 11.8 Å². The molecule has 0 heterocycles. The van der Waals surface area contributed by atoms with Crippen LogP contribution in [-0.2, 0) is 23.9 Å². The van der Waals surface area contributed by atoms with E-state index in [2.05, 4.69) is 18.5 Å². The smallest absolute Gasteiger partial charge is 0.309 e. The summed E-state index contributed by atoms with van der Waals surface area (Å²) in [5, 5.41) is 2.87. The van der Waals surface area contributed by atoms with Gasteiger partial charge in [0.05, 0.1) is 18.4 Å². The van der Waals surface area contributed by atoms with Crippen LogP contribution in [0.15, 0.2) is 25.3 Å². The van der Waals surface area contributed by atoms with Gasteiger partial charge in [-0.1, -0.05) is 26.0 Å². The number of rotatable bonds is 12. The first-order valence-corrected chi connectivity index (χ1v) is 9.39. The molecule has 0 spiro atoms. The number of nitrogens with one attached hydrogen (secondary N) is 1. The van der Waals surface area contributed by atoms with Crippen LogP contribution >= 0.6 is 0 Å². The molecule has 0 aromatic heterocycles. The van der Waals surface area contributed by atoms with Gasteiger partial charge in [-0.05, 0) is 39.5 Å². The molecule has 0 radical (unpaired) electrons. The third kappa shape index (κ3) is 12.0. The lowest BCUT2D eigenvalue weighted by molar-refractivity contribution is -0.162. The van der Waals surface area contributed by atoms with Crippen molar-refractivity contribution < 1.29 is 23.9 Å². The zero-order chi connectivity index (χ0) is 21.0. The van der Waals surface area contributed by atoms with Crippen molar-refractivity contribution >= 4 is 17.8 Å². The van der Waals surface area contributed by atoms with Gasteiger partial charge < -0.3 is 14.8 Å². The average molecular weight is 382 g/mol. The zero-order valence-electron chi connectivity index (χ0n) is 17.4. The van der Waals surface area contributed by atoms with E-state index < -0.39 is 23.5 Å². The molecular weight excluding hydrogens is 346 g/mol. The lowest BCUT2D eigenvalue weighted by Gasteiger charge is -2.24. The lowest BCUT2D eigenvalue weighted by Crippen LogP contribution is -2.42. The molecule has 0 fully saturated rings. The first-order valence-electron chi connectivity index (χ1n) is 9.39. The number of carbonyl (C=O) groups excluding carboxylic acids is 3. The van der Waals surface area contributed by atoms with Crippen LogP contribution in [0.5, 0.6) is 0 Å². The van der Waals surface area contributed by atoms with Gasteiger partial charge in [0.15, 0.2) is 0 Å². The standard InChI is InChI=1S/C21H35NO5/c1-8-10-12-18(23)22-17(15(3)4)14-26-20(25)16(11-9-2)13-19(24)27-21(5,6)7/h8-9,15-17H,1-2,10-14H2,3-7H3,(H,22,23)/t16-,17-/m0/s1. The second-order valence-electron chi connectivity index (χ2n) is 7.89. The minimum atomic E-state index is -0.651. The number of allylic oxidation sites excluding steroid dienone is 2. The Kier molecular flexibility index (Phi) is 11.3. The second kappa shape index (κ2) is 12.3. The molecule has 27 heavy (non-hydrogen) atoms. The fourth-order valence-corrected chi connectivity index (χ4v) is 2.25. The number of hydrogen-bond acceptors (Lipinski definition) is 5. The summed E-state index contributed by atoms with van der Waals surface area (Å²) in [4.78, 5) is 36.3. The molecular formula is C21H35NO5. The van der Waals surface area contributed by atoms with Gasteiger partial charge in [0, 0.05) is 6.42 Å². The predicted octanol–water partition coefficient (Wildman–Crippen LogP) is 3.56. The number of amides is 1. The second-order valence-corrected chi connectivity index (χ2v) is 7.89. The van der Waals surface area contributed by atoms with E-state index >= 15 is 0 Å². The molecule has 0 aromatic carbocycles. The fourth-order valence-electron chi connectivity index (χ4n) is 2.25. The fraction of sp³-hybridized carbons (Fsp3) is 0.667. The van der Waals surface area contributed by atoms with Gasteiger partial charge in [-0.15, -0.1) is 13.2 Å². The maximum Gasteiger partial charge on any atom is 0.309 e. The van der Waals surface area contributed by atoms with Crippen molar-refractivity contribution in [2.24, 2.45) is 11.8 Å². The molecule has 154 valence electrons. The average Bonchev–Trinajstić information content (AvgIpc) is 2.53. The van der Waals surface area contributed by atoms with Crippen molar-refractivity contribution in [3.63, 3.8) is 0 Å². The van der Waals surface area contributed by atoms with Gasteiger partial charge in [-0.2, -0.15) is 0 Å². The highest BCUT2D eigenvalue weighted by atomic mass is 16.6. The molecule has 0 aliphatic carbocycles. The number of esters is 2. The summed E-state index contributed by atoms with van der Waals surface area (Å²) in [6, 6.07) is -0.294. The maximum absolute atomic E-state index is 12.4. The van der Waals surface area contributed by atoms with Gasteiger partial charge >= 0.3 is 11.9 Å². The van der Waals surface area contributed by atoms with Gasteiger partial charge in [-0.25, -0.2) is 0 Å². The van der Waals surface area contributed by atoms with Crippen molar-refractivity contribution in [2.75, 3.05) is 6.61 Å². The molecule has 0 rings (SSSR count). The Labute approximate surface area is 163 Å². The monoisotopic (exact) mass is 381 g/mol. The Morgan fingerprint density at radius 3 is 2.22 bits per heavy atom. The Morgan fingerprint density at radius 2 is 1.74 bits per heavy atom. The highest BCUT2D eigenvalue weighted by Gasteiger charge is 2.27.